The number of carbonyl (C=O) groups excluding carboxylic acids is 2. The number of tetrazole rings is 1. The number of aryl methyl sites for hydroxylation is 1. The molecule has 3 aromatic rings. The summed E-state index contributed by atoms with van der Waals surface area (Å²) < 4.78 is 6.45. The number of hydrogen-bond acceptors (Lipinski definition) is 7. The van der Waals surface area contributed by atoms with Crippen molar-refractivity contribution in [2.45, 2.75) is 27.2 Å². The fraction of sp³-hybridized carbons (Fsp3) is 0.316. The predicted octanol–water partition coefficient (Wildman–Crippen LogP) is 3.27. The van der Waals surface area contributed by atoms with Gasteiger partial charge >= 0.3 is 5.97 Å². The number of benzene rings is 1. The van der Waals surface area contributed by atoms with Gasteiger partial charge in [-0.2, -0.15) is 0 Å². The lowest BCUT2D eigenvalue weighted by Crippen LogP contribution is -2.15. The van der Waals surface area contributed by atoms with Crippen LogP contribution in [-0.4, -0.2) is 39.2 Å². The van der Waals surface area contributed by atoms with Gasteiger partial charge in [0.1, 0.15) is 11.3 Å². The molecule has 28 heavy (non-hydrogen) atoms. The maximum atomic E-state index is 12.8. The average Bonchev–Trinajstić information content (AvgIpc) is 3.31. The minimum Gasteiger partial charge on any atom is -0.465 e. The van der Waals surface area contributed by atoms with Crippen LogP contribution in [0.3, 0.4) is 0 Å². The molecule has 0 atom stereocenters. The normalized spacial score (nSPS) is 10.9. The third-order valence-electron chi connectivity index (χ3n) is 4.17. The van der Waals surface area contributed by atoms with Crippen LogP contribution in [0, 0.1) is 12.8 Å². The smallest absolute Gasteiger partial charge is 0.341 e. The van der Waals surface area contributed by atoms with E-state index in [9.17, 15) is 9.59 Å². The van der Waals surface area contributed by atoms with E-state index >= 15 is 0 Å². The second-order valence-corrected chi connectivity index (χ2v) is 7.64. The Kier molecular flexibility index (Phi) is 5.84. The zero-order chi connectivity index (χ0) is 20.3. The van der Waals surface area contributed by atoms with Crippen LogP contribution in [0.4, 0.5) is 5.00 Å². The Labute approximate surface area is 166 Å². The van der Waals surface area contributed by atoms with Gasteiger partial charge in [-0.25, -0.2) is 9.48 Å². The summed E-state index contributed by atoms with van der Waals surface area (Å²) >= 11 is 1.33. The quantitative estimate of drug-likeness (QED) is 0.639. The van der Waals surface area contributed by atoms with E-state index in [1.54, 1.807) is 18.2 Å². The van der Waals surface area contributed by atoms with Crippen molar-refractivity contribution < 1.29 is 14.3 Å². The molecule has 0 aliphatic rings. The molecule has 0 saturated heterocycles. The van der Waals surface area contributed by atoms with E-state index in [1.807, 2.05) is 12.3 Å². The summed E-state index contributed by atoms with van der Waals surface area (Å²) in [5.74, 6) is -0.366. The number of carbonyl (C=O) groups is 2. The highest BCUT2D eigenvalue weighted by atomic mass is 32.1. The summed E-state index contributed by atoms with van der Waals surface area (Å²) in [6, 6.07) is 5.23. The van der Waals surface area contributed by atoms with Crippen LogP contribution in [-0.2, 0) is 11.2 Å². The minimum absolute atomic E-state index is 0.297. The van der Waals surface area contributed by atoms with E-state index in [-0.39, 0.29) is 5.91 Å². The highest BCUT2D eigenvalue weighted by Crippen LogP contribution is 2.31. The molecule has 0 aliphatic carbocycles. The summed E-state index contributed by atoms with van der Waals surface area (Å²) in [6.07, 6.45) is 2.23. The fourth-order valence-electron chi connectivity index (χ4n) is 2.90. The van der Waals surface area contributed by atoms with Crippen molar-refractivity contribution in [1.82, 2.24) is 20.2 Å². The monoisotopic (exact) mass is 399 g/mol. The van der Waals surface area contributed by atoms with Crippen LogP contribution in [0.15, 0.2) is 29.9 Å². The number of hydrogen-bond donors (Lipinski definition) is 1. The molecule has 0 radical (unpaired) electrons. The first-order valence-corrected chi connectivity index (χ1v) is 9.62. The van der Waals surface area contributed by atoms with Gasteiger partial charge in [-0.05, 0) is 64.4 Å². The maximum absolute atomic E-state index is 12.8. The Morgan fingerprint density at radius 1 is 1.32 bits per heavy atom. The molecule has 1 N–H and O–H groups in total. The van der Waals surface area contributed by atoms with E-state index < -0.39 is 5.97 Å². The van der Waals surface area contributed by atoms with Crippen molar-refractivity contribution in [1.29, 1.82) is 0 Å². The molecule has 0 bridgehead atoms. The molecular formula is C19H21N5O3S. The number of anilines is 1. The summed E-state index contributed by atoms with van der Waals surface area (Å²) in [6.45, 7) is 6.03. The van der Waals surface area contributed by atoms with Gasteiger partial charge in [0.2, 0.25) is 0 Å². The summed E-state index contributed by atoms with van der Waals surface area (Å²) in [5, 5.41) is 16.3. The Hall–Kier alpha value is -3.07. The summed E-state index contributed by atoms with van der Waals surface area (Å²) in [5.41, 5.74) is 3.42. The first-order valence-electron chi connectivity index (χ1n) is 8.74. The van der Waals surface area contributed by atoms with Crippen LogP contribution in [0.2, 0.25) is 0 Å². The van der Waals surface area contributed by atoms with Crippen LogP contribution in [0.25, 0.3) is 5.69 Å². The van der Waals surface area contributed by atoms with E-state index in [1.165, 1.54) is 29.5 Å². The van der Waals surface area contributed by atoms with Gasteiger partial charge < -0.3 is 10.1 Å². The molecular weight excluding hydrogens is 378 g/mol. The molecule has 1 amide bonds. The highest BCUT2D eigenvalue weighted by Gasteiger charge is 2.22. The number of methoxy groups -OCH3 is 1. The number of rotatable bonds is 6. The number of ether oxygens (including phenoxy) is 1. The van der Waals surface area contributed by atoms with Gasteiger partial charge in [-0.1, -0.05) is 13.8 Å². The van der Waals surface area contributed by atoms with Crippen LogP contribution in [0.5, 0.6) is 0 Å². The number of amides is 1. The van der Waals surface area contributed by atoms with Crippen molar-refractivity contribution >= 4 is 28.2 Å². The lowest BCUT2D eigenvalue weighted by Gasteiger charge is -2.10. The van der Waals surface area contributed by atoms with E-state index in [4.69, 9.17) is 4.74 Å². The third-order valence-corrected chi connectivity index (χ3v) is 5.11. The Morgan fingerprint density at radius 2 is 2.11 bits per heavy atom. The topological polar surface area (TPSA) is 99.0 Å². The Balaban J connectivity index is 1.86. The molecule has 146 valence electrons. The van der Waals surface area contributed by atoms with E-state index in [2.05, 4.69) is 34.7 Å². The summed E-state index contributed by atoms with van der Waals surface area (Å²) in [7, 11) is 1.34. The fourth-order valence-corrected chi connectivity index (χ4v) is 3.86. The molecule has 9 heteroatoms. The third kappa shape index (κ3) is 4.09. The largest absolute Gasteiger partial charge is 0.465 e. The molecule has 3 rings (SSSR count). The zero-order valence-electron chi connectivity index (χ0n) is 16.1. The van der Waals surface area contributed by atoms with Gasteiger partial charge in [-0.15, -0.1) is 16.4 Å². The van der Waals surface area contributed by atoms with Gasteiger partial charge in [-0.3, -0.25) is 4.79 Å². The van der Waals surface area contributed by atoms with Crippen molar-refractivity contribution in [2.75, 3.05) is 12.4 Å². The minimum atomic E-state index is -0.447. The van der Waals surface area contributed by atoms with Gasteiger partial charge in [0, 0.05) is 5.56 Å². The molecule has 8 nitrogen and oxygen atoms in total. The molecule has 0 saturated carbocycles. The van der Waals surface area contributed by atoms with Gasteiger partial charge in [0.25, 0.3) is 5.91 Å². The molecule has 0 aliphatic heterocycles. The molecule has 2 heterocycles. The number of thiophene rings is 1. The van der Waals surface area contributed by atoms with E-state index in [0.717, 1.165) is 23.2 Å². The molecule has 0 spiro atoms. The first-order chi connectivity index (χ1) is 13.4. The lowest BCUT2D eigenvalue weighted by atomic mass is 10.0. The zero-order valence-corrected chi connectivity index (χ0v) is 16.9. The number of nitrogens with zero attached hydrogens (tertiary/aromatic N) is 4. The highest BCUT2D eigenvalue weighted by molar-refractivity contribution is 7.15. The van der Waals surface area contributed by atoms with Crippen LogP contribution in [0.1, 0.15) is 45.7 Å². The van der Waals surface area contributed by atoms with Crippen LogP contribution >= 0.6 is 11.3 Å². The van der Waals surface area contributed by atoms with Crippen LogP contribution < -0.4 is 5.32 Å². The van der Waals surface area contributed by atoms with E-state index in [0.29, 0.717) is 22.0 Å². The maximum Gasteiger partial charge on any atom is 0.341 e. The number of esters is 1. The second kappa shape index (κ2) is 8.30. The standard InChI is InChI=1S/C19H21N5O3S/c1-11(2)7-14-9-28-18(16(14)19(26)27-4)21-17(25)13-5-6-15(12(3)8-13)24-10-20-22-23-24/h5-6,8-11H,7H2,1-4H3,(H,21,25). The van der Waals surface area contributed by atoms with Gasteiger partial charge in [0.15, 0.2) is 0 Å². The summed E-state index contributed by atoms with van der Waals surface area (Å²) in [4.78, 5) is 25.0. The molecule has 0 unspecified atom stereocenters. The number of nitrogens with one attached hydrogen (secondary N) is 1. The van der Waals surface area contributed by atoms with Gasteiger partial charge in [0.05, 0.1) is 18.4 Å². The van der Waals surface area contributed by atoms with Crippen molar-refractivity contribution in [2.24, 2.45) is 5.92 Å². The second-order valence-electron chi connectivity index (χ2n) is 6.76. The first kappa shape index (κ1) is 19.7. The SMILES string of the molecule is COC(=O)c1c(CC(C)C)csc1NC(=O)c1ccc(-n2cnnn2)c(C)c1. The Morgan fingerprint density at radius 3 is 2.71 bits per heavy atom. The molecule has 0 fully saturated rings. The van der Waals surface area contributed by atoms with Crippen molar-refractivity contribution in [3.05, 3.63) is 52.2 Å². The van der Waals surface area contributed by atoms with Crippen molar-refractivity contribution in [3.8, 4) is 5.69 Å². The average molecular weight is 399 g/mol. The Bertz CT molecular complexity index is 995. The van der Waals surface area contributed by atoms with Crippen molar-refractivity contribution in [3.63, 3.8) is 0 Å². The predicted molar refractivity (Wildman–Crippen MR) is 106 cm³/mol. The molecule has 1 aromatic carbocycles. The molecule has 2 aromatic heterocycles. The lowest BCUT2D eigenvalue weighted by molar-refractivity contribution is 0.0601. The number of aromatic nitrogens is 4.